The van der Waals surface area contributed by atoms with Crippen LogP contribution < -0.4 is 0 Å². The predicted octanol–water partition coefficient (Wildman–Crippen LogP) is 3.70. The topological polar surface area (TPSA) is 51.4 Å². The lowest BCUT2D eigenvalue weighted by atomic mass is 10.2. The van der Waals surface area contributed by atoms with Crippen molar-refractivity contribution in [1.29, 1.82) is 0 Å². The fourth-order valence-electron chi connectivity index (χ4n) is 2.57. The first kappa shape index (κ1) is 16.7. The van der Waals surface area contributed by atoms with Crippen LogP contribution in [0.15, 0.2) is 22.7 Å². The van der Waals surface area contributed by atoms with Crippen LogP contribution >= 0.6 is 23.2 Å². The number of aryl methyl sites for hydroxylation is 1. The van der Waals surface area contributed by atoms with Gasteiger partial charge in [0.15, 0.2) is 0 Å². The van der Waals surface area contributed by atoms with Crippen LogP contribution in [0.4, 0.5) is 0 Å². The summed E-state index contributed by atoms with van der Waals surface area (Å²) in [4.78, 5) is 6.84. The monoisotopic (exact) mass is 355 g/mol. The van der Waals surface area contributed by atoms with Crippen molar-refractivity contribution in [2.24, 2.45) is 0 Å². The van der Waals surface area contributed by atoms with Crippen LogP contribution in [-0.2, 0) is 11.2 Å². The van der Waals surface area contributed by atoms with Gasteiger partial charge in [-0.15, -0.1) is 0 Å². The Hall–Kier alpha value is -1.14. The highest BCUT2D eigenvalue weighted by Crippen LogP contribution is 2.28. The molecule has 1 saturated heterocycles. The van der Waals surface area contributed by atoms with Crippen molar-refractivity contribution >= 4 is 23.2 Å². The van der Waals surface area contributed by atoms with Crippen molar-refractivity contribution in [2.75, 3.05) is 32.8 Å². The summed E-state index contributed by atoms with van der Waals surface area (Å²) < 4.78 is 10.7. The molecule has 0 aliphatic carbocycles. The van der Waals surface area contributed by atoms with Crippen LogP contribution in [0.5, 0.6) is 0 Å². The molecule has 3 rings (SSSR count). The van der Waals surface area contributed by atoms with Crippen molar-refractivity contribution in [3.63, 3.8) is 0 Å². The summed E-state index contributed by atoms with van der Waals surface area (Å²) in [6, 6.07) is 5.25. The molecule has 1 aromatic heterocycles. The van der Waals surface area contributed by atoms with Crippen LogP contribution in [-0.4, -0.2) is 47.9 Å². The van der Waals surface area contributed by atoms with Crippen LogP contribution in [0.25, 0.3) is 11.4 Å². The normalized spacial score (nSPS) is 15.9. The Labute approximate surface area is 145 Å². The molecule has 5 nitrogen and oxygen atoms in total. The highest BCUT2D eigenvalue weighted by Gasteiger charge is 2.13. The molecule has 0 atom stereocenters. The number of halogens is 2. The molecule has 2 heterocycles. The van der Waals surface area contributed by atoms with Crippen molar-refractivity contribution < 1.29 is 9.26 Å². The molecule has 1 aromatic carbocycles. The third-order valence-corrected chi connectivity index (χ3v) is 4.41. The maximum absolute atomic E-state index is 6.16. The second kappa shape index (κ2) is 8.11. The van der Waals surface area contributed by atoms with E-state index in [1.54, 1.807) is 18.2 Å². The molecule has 1 aliphatic heterocycles. The van der Waals surface area contributed by atoms with Gasteiger partial charge in [-0.3, -0.25) is 4.90 Å². The summed E-state index contributed by atoms with van der Waals surface area (Å²) in [6.07, 6.45) is 2.91. The lowest BCUT2D eigenvalue weighted by Crippen LogP contribution is -2.36. The Balaban J connectivity index is 1.49. The molecule has 0 saturated carbocycles. The molecule has 0 unspecified atom stereocenters. The number of aromatic nitrogens is 2. The summed E-state index contributed by atoms with van der Waals surface area (Å²) >= 11 is 12.1. The van der Waals surface area contributed by atoms with E-state index in [1.165, 1.54) is 0 Å². The molecule has 0 radical (unpaired) electrons. The second-order valence-electron chi connectivity index (χ2n) is 5.55. The summed E-state index contributed by atoms with van der Waals surface area (Å²) in [5, 5.41) is 5.12. The van der Waals surface area contributed by atoms with Crippen LogP contribution in [0.3, 0.4) is 0 Å². The number of benzene rings is 1. The standard InChI is InChI=1S/C16H19Cl2N3O2/c17-12-4-5-13(14(18)11-12)16-19-15(23-20-16)3-1-2-6-21-7-9-22-10-8-21/h4-5,11H,1-3,6-10H2. The Kier molecular flexibility index (Phi) is 5.89. The summed E-state index contributed by atoms with van der Waals surface area (Å²) in [5.74, 6) is 1.16. The zero-order valence-corrected chi connectivity index (χ0v) is 14.3. The molecule has 1 aliphatic rings. The number of hydrogen-bond donors (Lipinski definition) is 0. The van der Waals surface area contributed by atoms with Crippen LogP contribution in [0.2, 0.25) is 10.0 Å². The highest BCUT2D eigenvalue weighted by atomic mass is 35.5. The van der Waals surface area contributed by atoms with Crippen molar-refractivity contribution in [1.82, 2.24) is 15.0 Å². The molecule has 124 valence electrons. The Morgan fingerprint density at radius 2 is 1.96 bits per heavy atom. The molecule has 0 bridgehead atoms. The Morgan fingerprint density at radius 3 is 2.74 bits per heavy atom. The van der Waals surface area contributed by atoms with E-state index < -0.39 is 0 Å². The Morgan fingerprint density at radius 1 is 1.13 bits per heavy atom. The van der Waals surface area contributed by atoms with Crippen LogP contribution in [0, 0.1) is 0 Å². The van der Waals surface area contributed by atoms with E-state index in [-0.39, 0.29) is 0 Å². The minimum Gasteiger partial charge on any atom is -0.379 e. The van der Waals surface area contributed by atoms with Gasteiger partial charge < -0.3 is 9.26 Å². The predicted molar refractivity (Wildman–Crippen MR) is 90.0 cm³/mol. The maximum atomic E-state index is 6.16. The highest BCUT2D eigenvalue weighted by molar-refractivity contribution is 6.36. The van der Waals surface area contributed by atoms with Gasteiger partial charge in [0, 0.05) is 30.1 Å². The van der Waals surface area contributed by atoms with Crippen molar-refractivity contribution in [3.05, 3.63) is 34.1 Å². The molecule has 0 amide bonds. The molecule has 7 heteroatoms. The quantitative estimate of drug-likeness (QED) is 0.739. The minimum atomic E-state index is 0.509. The van der Waals surface area contributed by atoms with E-state index in [0.717, 1.165) is 57.7 Å². The van der Waals surface area contributed by atoms with E-state index in [2.05, 4.69) is 15.0 Å². The smallest absolute Gasteiger partial charge is 0.226 e. The molecule has 23 heavy (non-hydrogen) atoms. The number of morpholine rings is 1. The van der Waals surface area contributed by atoms with Crippen LogP contribution in [0.1, 0.15) is 18.7 Å². The first-order valence-corrected chi connectivity index (χ1v) is 8.56. The van der Waals surface area contributed by atoms with Gasteiger partial charge in [-0.1, -0.05) is 28.4 Å². The third-order valence-electron chi connectivity index (χ3n) is 3.86. The molecular formula is C16H19Cl2N3O2. The molecular weight excluding hydrogens is 337 g/mol. The largest absolute Gasteiger partial charge is 0.379 e. The van der Waals surface area contributed by atoms with Gasteiger partial charge in [0.05, 0.1) is 18.2 Å². The average Bonchev–Trinajstić information content (AvgIpc) is 3.01. The molecule has 1 fully saturated rings. The SMILES string of the molecule is Clc1ccc(-c2noc(CCCCN3CCOCC3)n2)c(Cl)c1. The third kappa shape index (κ3) is 4.67. The van der Waals surface area contributed by atoms with E-state index in [9.17, 15) is 0 Å². The van der Waals surface area contributed by atoms with E-state index in [1.807, 2.05) is 0 Å². The average molecular weight is 356 g/mol. The Bertz CT molecular complexity index is 642. The van der Waals surface area contributed by atoms with Gasteiger partial charge in [-0.2, -0.15) is 4.98 Å². The van der Waals surface area contributed by atoms with E-state index in [0.29, 0.717) is 21.8 Å². The summed E-state index contributed by atoms with van der Waals surface area (Å²) in [5.41, 5.74) is 0.736. The van der Waals surface area contributed by atoms with E-state index >= 15 is 0 Å². The number of ether oxygens (including phenoxy) is 1. The molecule has 0 N–H and O–H groups in total. The van der Waals surface area contributed by atoms with Crippen molar-refractivity contribution in [3.8, 4) is 11.4 Å². The zero-order chi connectivity index (χ0) is 16.1. The first-order chi connectivity index (χ1) is 11.2. The van der Waals surface area contributed by atoms with Crippen molar-refractivity contribution in [2.45, 2.75) is 19.3 Å². The lowest BCUT2D eigenvalue weighted by molar-refractivity contribution is 0.0371. The van der Waals surface area contributed by atoms with Gasteiger partial charge in [0.1, 0.15) is 0 Å². The summed E-state index contributed by atoms with van der Waals surface area (Å²) in [6.45, 7) is 4.83. The van der Waals surface area contributed by atoms with E-state index in [4.69, 9.17) is 32.5 Å². The van der Waals surface area contributed by atoms with Gasteiger partial charge in [-0.25, -0.2) is 0 Å². The lowest BCUT2D eigenvalue weighted by Gasteiger charge is -2.26. The maximum Gasteiger partial charge on any atom is 0.226 e. The number of rotatable bonds is 6. The fourth-order valence-corrected chi connectivity index (χ4v) is 3.07. The number of unbranched alkanes of at least 4 members (excludes halogenated alkanes) is 1. The van der Waals surface area contributed by atoms with Gasteiger partial charge in [0.25, 0.3) is 0 Å². The summed E-state index contributed by atoms with van der Waals surface area (Å²) in [7, 11) is 0. The van der Waals surface area contributed by atoms with Gasteiger partial charge in [-0.05, 0) is 37.6 Å². The molecule has 0 spiro atoms. The number of nitrogens with zero attached hydrogens (tertiary/aromatic N) is 3. The fraction of sp³-hybridized carbons (Fsp3) is 0.500. The number of hydrogen-bond acceptors (Lipinski definition) is 5. The molecule has 2 aromatic rings. The first-order valence-electron chi connectivity index (χ1n) is 7.80. The van der Waals surface area contributed by atoms with Gasteiger partial charge >= 0.3 is 0 Å². The second-order valence-corrected chi connectivity index (χ2v) is 6.39. The minimum absolute atomic E-state index is 0.509. The van der Waals surface area contributed by atoms with Gasteiger partial charge in [0.2, 0.25) is 11.7 Å². The zero-order valence-electron chi connectivity index (χ0n) is 12.8.